The van der Waals surface area contributed by atoms with Crippen molar-refractivity contribution in [2.24, 2.45) is 17.6 Å². The van der Waals surface area contributed by atoms with E-state index in [1.165, 1.54) is 56.3 Å². The molecule has 5 rings (SSSR count). The highest BCUT2D eigenvalue weighted by atomic mass is 16.6. The molecule has 0 radical (unpaired) electrons. The topological polar surface area (TPSA) is 220 Å². The second kappa shape index (κ2) is 9.69. The van der Waals surface area contributed by atoms with Crippen LogP contribution in [0.5, 0.6) is 5.75 Å². The predicted octanol–water partition coefficient (Wildman–Crippen LogP) is 0.856. The number of phenols is 1. The van der Waals surface area contributed by atoms with Crippen molar-refractivity contribution in [3.8, 4) is 5.75 Å². The number of aliphatic hydroxyl groups excluding tert-OH is 3. The molecule has 0 bridgehead atoms. The Balaban J connectivity index is 1.83. The number of primary amides is 1. The fourth-order valence-corrected chi connectivity index (χ4v) is 6.55. The maximum absolute atomic E-state index is 14.6. The summed E-state index contributed by atoms with van der Waals surface area (Å²) in [5.41, 5.74) is -1.55. The van der Waals surface area contributed by atoms with Crippen LogP contribution in [0.25, 0.3) is 5.76 Å². The van der Waals surface area contributed by atoms with E-state index in [-0.39, 0.29) is 16.8 Å². The van der Waals surface area contributed by atoms with Crippen molar-refractivity contribution in [3.63, 3.8) is 0 Å². The van der Waals surface area contributed by atoms with Gasteiger partial charge in [0.05, 0.1) is 40.7 Å². The van der Waals surface area contributed by atoms with Crippen LogP contribution < -0.4 is 11.1 Å². The minimum absolute atomic E-state index is 0.0306. The number of carbonyl (C=O) groups is 4. The van der Waals surface area contributed by atoms with Gasteiger partial charge in [-0.15, -0.1) is 0 Å². The van der Waals surface area contributed by atoms with Gasteiger partial charge in [-0.25, -0.2) is 4.79 Å². The Hall–Kier alpha value is -4.72. The number of phenolic OH excluding ortho intramolecular Hbond substituents is 1. The van der Waals surface area contributed by atoms with Crippen molar-refractivity contribution in [1.82, 2.24) is 4.90 Å². The number of nitrogens with zero attached hydrogens (tertiary/aromatic N) is 1. The quantitative estimate of drug-likeness (QED) is 0.252. The molecule has 13 heteroatoms. The zero-order chi connectivity index (χ0) is 30.9. The molecule has 0 aromatic heterocycles. The second-order valence-electron chi connectivity index (χ2n) is 10.9. The standard InChI is InChI=1S/C29H29N3O10/c1-28(41)13-10-7-11-14(33)15(13)21(34)16-18(28)23(36)19-20(32(2)3)22(35)17(26(30)39)25(38)29(19,24(16)37)42-27(40)31-12-8-5-4-6-9-12/h4-11,18-20,23,33-34,36,38,41H,1-3H3,(H2,30,39)(H,31,40)/t18-,19-,20+,23+,28-,29+/m1/s1. The molecule has 2 aromatic carbocycles. The first-order valence-electron chi connectivity index (χ1n) is 12.9. The number of ketones is 2. The van der Waals surface area contributed by atoms with Gasteiger partial charge in [0.15, 0.2) is 11.5 Å². The third-order valence-electron chi connectivity index (χ3n) is 8.28. The Kier molecular flexibility index (Phi) is 6.64. The Bertz CT molecular complexity index is 1600. The fourth-order valence-electron chi connectivity index (χ4n) is 6.55. The second-order valence-corrected chi connectivity index (χ2v) is 10.9. The third kappa shape index (κ3) is 3.81. The summed E-state index contributed by atoms with van der Waals surface area (Å²) in [6.45, 7) is 1.24. The van der Waals surface area contributed by atoms with Crippen LogP contribution in [-0.2, 0) is 24.7 Å². The number of fused-ring (bicyclic) bond motifs is 3. The van der Waals surface area contributed by atoms with Crippen molar-refractivity contribution in [2.75, 3.05) is 19.4 Å². The van der Waals surface area contributed by atoms with Gasteiger partial charge in [0.2, 0.25) is 11.4 Å². The van der Waals surface area contributed by atoms with Crippen molar-refractivity contribution < 1.29 is 49.4 Å². The molecule has 2 aromatic rings. The molecule has 8 N–H and O–H groups in total. The van der Waals surface area contributed by atoms with Crippen LogP contribution in [-0.4, -0.2) is 85.8 Å². The number of aromatic hydroxyl groups is 1. The number of rotatable bonds is 4. The monoisotopic (exact) mass is 579 g/mol. The average molecular weight is 580 g/mol. The number of likely N-dealkylation sites (N-methyl/N-ethyl adjacent to an activating group) is 1. The molecule has 3 aliphatic carbocycles. The number of anilines is 1. The number of nitrogens with two attached hydrogens (primary N) is 1. The van der Waals surface area contributed by atoms with Crippen LogP contribution in [0.4, 0.5) is 10.5 Å². The van der Waals surface area contributed by atoms with Gasteiger partial charge in [-0.05, 0) is 44.8 Å². The Morgan fingerprint density at radius 3 is 2.26 bits per heavy atom. The lowest BCUT2D eigenvalue weighted by atomic mass is 9.53. The molecule has 3 aliphatic rings. The predicted molar refractivity (Wildman–Crippen MR) is 146 cm³/mol. The molecule has 0 saturated heterocycles. The molecule has 0 unspecified atom stereocenters. The summed E-state index contributed by atoms with van der Waals surface area (Å²) in [7, 11) is 2.79. The first kappa shape index (κ1) is 28.8. The number of hydrogen-bond acceptors (Lipinski definition) is 11. The minimum Gasteiger partial charge on any atom is -0.507 e. The van der Waals surface area contributed by atoms with Gasteiger partial charge in [0.1, 0.15) is 17.1 Å². The van der Waals surface area contributed by atoms with Crippen LogP contribution in [0.2, 0.25) is 0 Å². The zero-order valence-corrected chi connectivity index (χ0v) is 22.7. The van der Waals surface area contributed by atoms with Crippen molar-refractivity contribution >= 4 is 35.0 Å². The molecule has 13 nitrogen and oxygen atoms in total. The van der Waals surface area contributed by atoms with Crippen LogP contribution in [0, 0.1) is 11.8 Å². The zero-order valence-electron chi connectivity index (χ0n) is 22.7. The highest BCUT2D eigenvalue weighted by Gasteiger charge is 2.72. The molecular formula is C29H29N3O10. The van der Waals surface area contributed by atoms with E-state index in [9.17, 15) is 44.7 Å². The lowest BCUT2D eigenvalue weighted by Crippen LogP contribution is -2.73. The largest absolute Gasteiger partial charge is 0.507 e. The van der Waals surface area contributed by atoms with Gasteiger partial charge in [-0.1, -0.05) is 30.3 Å². The van der Waals surface area contributed by atoms with Gasteiger partial charge in [-0.2, -0.15) is 0 Å². The van der Waals surface area contributed by atoms with Gasteiger partial charge >= 0.3 is 6.09 Å². The molecule has 2 amide bonds. The van der Waals surface area contributed by atoms with Gasteiger partial charge < -0.3 is 36.0 Å². The molecule has 0 aliphatic heterocycles. The van der Waals surface area contributed by atoms with E-state index in [0.29, 0.717) is 0 Å². The first-order chi connectivity index (χ1) is 19.7. The Labute approximate surface area is 239 Å². The Morgan fingerprint density at radius 1 is 1.02 bits per heavy atom. The molecule has 1 saturated carbocycles. The smallest absolute Gasteiger partial charge is 0.413 e. The third-order valence-corrected chi connectivity index (χ3v) is 8.28. The van der Waals surface area contributed by atoms with E-state index in [0.717, 1.165) is 0 Å². The number of carbonyl (C=O) groups excluding carboxylic acids is 4. The number of ether oxygens (including phenoxy) is 1. The number of hydrogen-bond donors (Lipinski definition) is 7. The molecule has 0 spiro atoms. The van der Waals surface area contributed by atoms with E-state index < -0.39 is 87.2 Å². The first-order valence-corrected chi connectivity index (χ1v) is 12.9. The average Bonchev–Trinajstić information content (AvgIpc) is 2.90. The molecule has 6 atom stereocenters. The van der Waals surface area contributed by atoms with Gasteiger partial charge in [0, 0.05) is 5.69 Å². The highest BCUT2D eigenvalue weighted by Crippen LogP contribution is 2.58. The van der Waals surface area contributed by atoms with E-state index in [4.69, 9.17) is 10.5 Å². The summed E-state index contributed by atoms with van der Waals surface area (Å²) in [4.78, 5) is 55.2. The normalized spacial score (nSPS) is 30.4. The fraction of sp³-hybridized carbons (Fsp3) is 0.310. The number of Topliss-reactive ketones (excluding diaryl/α,β-unsaturated/α-hetero) is 2. The SMILES string of the molecule is CN(C)[C@@H]1C(=O)C(C(N)=O)=C(O)[C@@]2(OC(=O)Nc3ccccc3)C(=O)C3=C(O)c4c(O)cccc4[C@@](C)(O)[C@H]3[C@H](O)[C@@H]12. The van der Waals surface area contributed by atoms with Crippen molar-refractivity contribution in [3.05, 3.63) is 76.6 Å². The van der Waals surface area contributed by atoms with Crippen LogP contribution >= 0.6 is 0 Å². The van der Waals surface area contributed by atoms with Crippen LogP contribution in [0.15, 0.2) is 65.4 Å². The maximum atomic E-state index is 14.6. The summed E-state index contributed by atoms with van der Waals surface area (Å²) >= 11 is 0. The summed E-state index contributed by atoms with van der Waals surface area (Å²) in [6, 6.07) is 10.2. The van der Waals surface area contributed by atoms with E-state index in [2.05, 4.69) is 5.32 Å². The maximum Gasteiger partial charge on any atom is 0.413 e. The summed E-state index contributed by atoms with van der Waals surface area (Å²) in [5, 5.41) is 59.6. The van der Waals surface area contributed by atoms with Gasteiger partial charge in [0.25, 0.3) is 5.91 Å². The summed E-state index contributed by atoms with van der Waals surface area (Å²) in [6.07, 6.45) is -3.29. The summed E-state index contributed by atoms with van der Waals surface area (Å²) < 4.78 is 5.63. The highest BCUT2D eigenvalue weighted by molar-refractivity contribution is 6.25. The molecular weight excluding hydrogens is 550 g/mol. The van der Waals surface area contributed by atoms with E-state index >= 15 is 0 Å². The lowest BCUT2D eigenvalue weighted by molar-refractivity contribution is -0.181. The van der Waals surface area contributed by atoms with Crippen molar-refractivity contribution in [1.29, 1.82) is 0 Å². The van der Waals surface area contributed by atoms with Crippen LogP contribution in [0.1, 0.15) is 18.1 Å². The van der Waals surface area contributed by atoms with Gasteiger partial charge in [-0.3, -0.25) is 24.6 Å². The Morgan fingerprint density at radius 2 is 1.67 bits per heavy atom. The summed E-state index contributed by atoms with van der Waals surface area (Å²) in [5.74, 6) is -10.0. The lowest BCUT2D eigenvalue weighted by Gasteiger charge is -2.56. The number of aliphatic hydroxyl groups is 4. The number of nitrogens with one attached hydrogen (secondary N) is 1. The van der Waals surface area contributed by atoms with E-state index in [1.807, 2.05) is 0 Å². The van der Waals surface area contributed by atoms with Crippen molar-refractivity contribution in [2.45, 2.75) is 30.3 Å². The van der Waals surface area contributed by atoms with E-state index in [1.54, 1.807) is 18.2 Å². The molecule has 0 heterocycles. The van der Waals surface area contributed by atoms with Crippen LogP contribution in [0.3, 0.4) is 0 Å². The number of amides is 2. The molecule has 42 heavy (non-hydrogen) atoms. The number of para-hydroxylation sites is 1. The number of benzene rings is 2. The minimum atomic E-state index is -2.98. The molecule has 1 fully saturated rings. The molecule has 220 valence electrons.